The van der Waals surface area contributed by atoms with Crippen molar-refractivity contribution in [3.63, 3.8) is 0 Å². The van der Waals surface area contributed by atoms with E-state index in [2.05, 4.69) is 52.0 Å². The lowest BCUT2D eigenvalue weighted by Gasteiger charge is -2.15. The molecule has 0 saturated carbocycles. The second-order valence-electron chi connectivity index (χ2n) is 7.41. The third kappa shape index (κ3) is 4.78. The van der Waals surface area contributed by atoms with E-state index in [9.17, 15) is 0 Å². The van der Waals surface area contributed by atoms with Crippen LogP contribution in [0.2, 0.25) is 0 Å². The van der Waals surface area contributed by atoms with Gasteiger partial charge in [0.05, 0.1) is 13.2 Å². The molecule has 2 aliphatic rings. The Morgan fingerprint density at radius 3 is 1.37 bits per heavy atom. The van der Waals surface area contributed by atoms with Gasteiger partial charge < -0.3 is 18.9 Å². The first-order valence-electron chi connectivity index (χ1n) is 9.38. The molecule has 27 heavy (non-hydrogen) atoms. The van der Waals surface area contributed by atoms with Gasteiger partial charge in [-0.3, -0.25) is 0 Å². The summed E-state index contributed by atoms with van der Waals surface area (Å²) < 4.78 is 22.3. The topological polar surface area (TPSA) is 43.5 Å². The fourth-order valence-electron chi connectivity index (χ4n) is 3.21. The highest BCUT2D eigenvalue weighted by molar-refractivity contribution is 7.99. The van der Waals surface area contributed by atoms with Crippen molar-refractivity contribution in [2.24, 2.45) is 0 Å². The third-order valence-corrected chi connectivity index (χ3v) is 5.68. The minimum atomic E-state index is 0.274. The largest absolute Gasteiger partial charge is 0.490 e. The highest BCUT2D eigenvalue weighted by Gasteiger charge is 2.24. The highest BCUT2D eigenvalue weighted by Crippen LogP contribution is 2.37. The van der Waals surface area contributed by atoms with Crippen LogP contribution in [0.5, 0.6) is 11.5 Å². The first-order valence-corrected chi connectivity index (χ1v) is 10.2. The van der Waals surface area contributed by atoms with Crippen LogP contribution in [-0.4, -0.2) is 38.6 Å². The number of ether oxygens (including phenoxy) is 4. The number of benzene rings is 2. The van der Waals surface area contributed by atoms with Crippen molar-refractivity contribution in [3.8, 4) is 11.5 Å². The average Bonchev–Trinajstić information content (AvgIpc) is 3.48. The molecule has 0 amide bonds. The van der Waals surface area contributed by atoms with E-state index in [1.807, 2.05) is 0 Å². The minimum absolute atomic E-state index is 0.274. The molecular formula is C22H26O4S. The molecule has 0 radical (unpaired) electrons. The van der Waals surface area contributed by atoms with E-state index in [1.165, 1.54) is 9.79 Å². The third-order valence-electron chi connectivity index (χ3n) is 4.74. The van der Waals surface area contributed by atoms with Crippen LogP contribution in [0.4, 0.5) is 0 Å². The van der Waals surface area contributed by atoms with Crippen LogP contribution in [-0.2, 0) is 9.47 Å². The first kappa shape index (κ1) is 18.7. The Morgan fingerprint density at radius 2 is 1.07 bits per heavy atom. The van der Waals surface area contributed by atoms with E-state index in [0.29, 0.717) is 13.2 Å². The van der Waals surface area contributed by atoms with Crippen molar-refractivity contribution in [2.45, 2.75) is 49.7 Å². The van der Waals surface area contributed by atoms with Crippen molar-refractivity contribution in [3.05, 3.63) is 46.5 Å². The van der Waals surface area contributed by atoms with E-state index in [1.54, 1.807) is 11.8 Å². The van der Waals surface area contributed by atoms with Crippen molar-refractivity contribution in [2.75, 3.05) is 26.4 Å². The van der Waals surface area contributed by atoms with Crippen LogP contribution in [0.3, 0.4) is 0 Å². The molecule has 0 aliphatic carbocycles. The summed E-state index contributed by atoms with van der Waals surface area (Å²) in [5, 5.41) is 0. The molecule has 4 rings (SSSR count). The molecule has 0 N–H and O–H groups in total. The lowest BCUT2D eigenvalue weighted by molar-refractivity contribution is 0.260. The summed E-state index contributed by atoms with van der Waals surface area (Å²) in [6.45, 7) is 11.3. The Hall–Kier alpha value is -1.69. The molecule has 0 aromatic heterocycles. The van der Waals surface area contributed by atoms with Gasteiger partial charge in [0, 0.05) is 9.79 Å². The molecule has 0 bridgehead atoms. The summed E-state index contributed by atoms with van der Waals surface area (Å²) >= 11 is 1.77. The normalized spacial score (nSPS) is 20.4. The van der Waals surface area contributed by atoms with Gasteiger partial charge in [0.2, 0.25) is 0 Å². The predicted molar refractivity (Wildman–Crippen MR) is 106 cm³/mol. The van der Waals surface area contributed by atoms with Crippen LogP contribution >= 0.6 is 11.8 Å². The van der Waals surface area contributed by atoms with Crippen LogP contribution in [0.25, 0.3) is 0 Å². The summed E-state index contributed by atoms with van der Waals surface area (Å²) in [6, 6.07) is 8.78. The van der Waals surface area contributed by atoms with Gasteiger partial charge in [0.25, 0.3) is 0 Å². The summed E-state index contributed by atoms with van der Waals surface area (Å²) in [4.78, 5) is 2.44. The Bertz CT molecular complexity index is 725. The Morgan fingerprint density at radius 1 is 0.741 bits per heavy atom. The van der Waals surface area contributed by atoms with E-state index in [0.717, 1.165) is 47.0 Å². The lowest BCUT2D eigenvalue weighted by atomic mass is 10.1. The first-order chi connectivity index (χ1) is 13.0. The zero-order chi connectivity index (χ0) is 19.0. The molecule has 0 spiro atoms. The van der Waals surface area contributed by atoms with Crippen LogP contribution in [0, 0.1) is 27.7 Å². The number of epoxide rings is 2. The number of aryl methyl sites for hydroxylation is 4. The minimum Gasteiger partial charge on any atom is -0.490 e. The molecule has 4 nitrogen and oxygen atoms in total. The second kappa shape index (κ2) is 7.74. The molecule has 2 aliphatic heterocycles. The van der Waals surface area contributed by atoms with Gasteiger partial charge in [0.15, 0.2) is 0 Å². The fraction of sp³-hybridized carbons (Fsp3) is 0.455. The van der Waals surface area contributed by atoms with E-state index >= 15 is 0 Å². The van der Waals surface area contributed by atoms with Gasteiger partial charge in [-0.1, -0.05) is 11.8 Å². The summed E-state index contributed by atoms with van der Waals surface area (Å²) in [6.07, 6.45) is 0.548. The molecule has 2 atom stereocenters. The summed E-state index contributed by atoms with van der Waals surface area (Å²) in [5.41, 5.74) is 4.65. The molecule has 2 aromatic carbocycles. The standard InChI is InChI=1S/C22H26O4S/c1-13-5-19(6-14(2)21(13)25-11-17-9-23-17)27-20-7-15(3)22(16(4)8-20)26-12-18-10-24-18/h5-8,17-18H,9-12H2,1-4H3. The van der Waals surface area contributed by atoms with Gasteiger partial charge in [-0.05, 0) is 74.2 Å². The molecular weight excluding hydrogens is 360 g/mol. The Balaban J connectivity index is 1.47. The summed E-state index contributed by atoms with van der Waals surface area (Å²) in [7, 11) is 0. The quantitative estimate of drug-likeness (QED) is 0.619. The van der Waals surface area contributed by atoms with E-state index in [4.69, 9.17) is 18.9 Å². The van der Waals surface area contributed by atoms with Crippen LogP contribution in [0.1, 0.15) is 22.3 Å². The SMILES string of the molecule is Cc1cc(Sc2cc(C)c(OCC3CO3)c(C)c2)cc(C)c1OCC1CO1. The smallest absolute Gasteiger partial charge is 0.125 e. The van der Waals surface area contributed by atoms with Crippen molar-refractivity contribution in [1.82, 2.24) is 0 Å². The van der Waals surface area contributed by atoms with Crippen molar-refractivity contribution in [1.29, 1.82) is 0 Å². The fourth-order valence-corrected chi connectivity index (χ4v) is 4.43. The number of rotatable bonds is 8. The number of hydrogen-bond donors (Lipinski definition) is 0. The number of hydrogen-bond acceptors (Lipinski definition) is 5. The van der Waals surface area contributed by atoms with E-state index in [-0.39, 0.29) is 12.2 Å². The predicted octanol–water partition coefficient (Wildman–Crippen LogP) is 4.63. The molecule has 2 fully saturated rings. The van der Waals surface area contributed by atoms with Gasteiger partial charge in [-0.15, -0.1) is 0 Å². The van der Waals surface area contributed by atoms with Crippen molar-refractivity contribution >= 4 is 11.8 Å². The van der Waals surface area contributed by atoms with Crippen molar-refractivity contribution < 1.29 is 18.9 Å². The molecule has 5 heteroatoms. The maximum Gasteiger partial charge on any atom is 0.125 e. The molecule has 2 aromatic rings. The van der Waals surface area contributed by atoms with Gasteiger partial charge in [0.1, 0.15) is 36.9 Å². The monoisotopic (exact) mass is 386 g/mol. The maximum absolute atomic E-state index is 5.94. The van der Waals surface area contributed by atoms with Crippen LogP contribution in [0.15, 0.2) is 34.1 Å². The average molecular weight is 387 g/mol. The molecule has 2 heterocycles. The zero-order valence-corrected chi connectivity index (χ0v) is 17.2. The Kier molecular flexibility index (Phi) is 5.35. The molecule has 144 valence electrons. The molecule has 2 unspecified atom stereocenters. The summed E-state index contributed by atoms with van der Waals surface area (Å²) in [5.74, 6) is 1.96. The van der Waals surface area contributed by atoms with Gasteiger partial charge >= 0.3 is 0 Å². The van der Waals surface area contributed by atoms with Gasteiger partial charge in [-0.2, -0.15) is 0 Å². The zero-order valence-electron chi connectivity index (χ0n) is 16.3. The Labute approximate surface area is 165 Å². The highest BCUT2D eigenvalue weighted by atomic mass is 32.2. The molecule has 2 saturated heterocycles. The van der Waals surface area contributed by atoms with Gasteiger partial charge in [-0.25, -0.2) is 0 Å². The van der Waals surface area contributed by atoms with E-state index < -0.39 is 0 Å². The lowest BCUT2D eigenvalue weighted by Crippen LogP contribution is -2.06. The van der Waals surface area contributed by atoms with Crippen LogP contribution < -0.4 is 9.47 Å². The maximum atomic E-state index is 5.94. The second-order valence-corrected chi connectivity index (χ2v) is 8.55.